The minimum absolute atomic E-state index is 0.231. The summed E-state index contributed by atoms with van der Waals surface area (Å²) in [7, 11) is 1.49. The Bertz CT molecular complexity index is 504. The van der Waals surface area contributed by atoms with Crippen LogP contribution in [0.15, 0.2) is 18.2 Å². The lowest BCUT2D eigenvalue weighted by atomic mass is 9.67. The highest BCUT2D eigenvalue weighted by atomic mass is 19.1. The first kappa shape index (κ1) is 16.2. The number of hydrogen-bond acceptors (Lipinski definition) is 3. The van der Waals surface area contributed by atoms with Crippen molar-refractivity contribution in [1.29, 1.82) is 0 Å². The molecule has 0 bridgehead atoms. The van der Waals surface area contributed by atoms with Crippen LogP contribution in [0.25, 0.3) is 0 Å². The summed E-state index contributed by atoms with van der Waals surface area (Å²) in [6.07, 6.45) is 3.73. The van der Waals surface area contributed by atoms with E-state index in [4.69, 9.17) is 10.5 Å². The maximum Gasteiger partial charge on any atom is 0.133 e. The van der Waals surface area contributed by atoms with Crippen molar-refractivity contribution in [1.82, 2.24) is 0 Å². The molecule has 0 aromatic heterocycles. The number of aliphatic hydroxyl groups is 1. The number of benzene rings is 1. The molecule has 4 heteroatoms. The SMILES string of the molecule is CCC1CCC(CN)(C(C)(O)c2c(F)cccc2OC)C1. The fourth-order valence-corrected chi connectivity index (χ4v) is 3.82. The Labute approximate surface area is 126 Å². The van der Waals surface area contributed by atoms with E-state index in [1.54, 1.807) is 19.1 Å². The first-order valence-electron chi connectivity index (χ1n) is 7.67. The standard InChI is InChI=1S/C17H26FNO2/c1-4-12-8-9-17(10-12,11-19)16(2,20)15-13(18)6-5-7-14(15)21-3/h5-7,12,20H,4,8-11,19H2,1-3H3. The van der Waals surface area contributed by atoms with Crippen LogP contribution in [0.2, 0.25) is 0 Å². The van der Waals surface area contributed by atoms with Gasteiger partial charge in [-0.25, -0.2) is 4.39 Å². The van der Waals surface area contributed by atoms with E-state index in [1.165, 1.54) is 13.2 Å². The van der Waals surface area contributed by atoms with E-state index < -0.39 is 16.8 Å². The van der Waals surface area contributed by atoms with E-state index in [1.807, 2.05) is 0 Å². The Morgan fingerprint density at radius 3 is 2.76 bits per heavy atom. The lowest BCUT2D eigenvalue weighted by Gasteiger charge is -2.43. The zero-order chi connectivity index (χ0) is 15.7. The number of ether oxygens (including phenoxy) is 1. The van der Waals surface area contributed by atoms with Gasteiger partial charge in [0, 0.05) is 12.0 Å². The molecule has 1 aliphatic rings. The number of rotatable bonds is 5. The fourth-order valence-electron chi connectivity index (χ4n) is 3.82. The Balaban J connectivity index is 2.50. The number of methoxy groups -OCH3 is 1. The molecule has 3 atom stereocenters. The molecule has 3 nitrogen and oxygen atoms in total. The normalized spacial score (nSPS) is 28.4. The van der Waals surface area contributed by atoms with Gasteiger partial charge in [0.05, 0.1) is 12.7 Å². The van der Waals surface area contributed by atoms with E-state index in [9.17, 15) is 9.50 Å². The molecule has 1 fully saturated rings. The highest BCUT2D eigenvalue weighted by Gasteiger charge is 2.53. The van der Waals surface area contributed by atoms with Gasteiger partial charge in [0.1, 0.15) is 17.2 Å². The second kappa shape index (κ2) is 5.93. The van der Waals surface area contributed by atoms with Gasteiger partial charge < -0.3 is 15.6 Å². The van der Waals surface area contributed by atoms with Crippen LogP contribution in [0.1, 0.15) is 45.1 Å². The topological polar surface area (TPSA) is 55.5 Å². The molecule has 1 aromatic rings. The zero-order valence-corrected chi connectivity index (χ0v) is 13.2. The third-order valence-corrected chi connectivity index (χ3v) is 5.39. The lowest BCUT2D eigenvalue weighted by Crippen LogP contribution is -2.47. The molecule has 1 aliphatic carbocycles. The van der Waals surface area contributed by atoms with Crippen LogP contribution in [0.4, 0.5) is 4.39 Å². The predicted molar refractivity (Wildman–Crippen MR) is 81.6 cm³/mol. The first-order valence-corrected chi connectivity index (χ1v) is 7.67. The molecule has 0 radical (unpaired) electrons. The van der Waals surface area contributed by atoms with Gasteiger partial charge >= 0.3 is 0 Å². The summed E-state index contributed by atoms with van der Waals surface area (Å²) >= 11 is 0. The zero-order valence-electron chi connectivity index (χ0n) is 13.2. The molecule has 2 rings (SSSR count). The summed E-state index contributed by atoms with van der Waals surface area (Å²) in [6, 6.07) is 4.64. The van der Waals surface area contributed by atoms with Gasteiger partial charge in [0.2, 0.25) is 0 Å². The highest BCUT2D eigenvalue weighted by molar-refractivity contribution is 5.40. The van der Waals surface area contributed by atoms with E-state index in [0.29, 0.717) is 18.2 Å². The van der Waals surface area contributed by atoms with Crippen LogP contribution in [-0.4, -0.2) is 18.8 Å². The van der Waals surface area contributed by atoms with Crippen molar-refractivity contribution in [2.75, 3.05) is 13.7 Å². The van der Waals surface area contributed by atoms with Crippen LogP contribution < -0.4 is 10.5 Å². The second-order valence-corrected chi connectivity index (χ2v) is 6.39. The minimum atomic E-state index is -1.34. The fraction of sp³-hybridized carbons (Fsp3) is 0.647. The maximum absolute atomic E-state index is 14.4. The molecule has 118 valence electrons. The van der Waals surface area contributed by atoms with E-state index in [0.717, 1.165) is 25.7 Å². The molecule has 3 unspecified atom stereocenters. The summed E-state index contributed by atoms with van der Waals surface area (Å²) < 4.78 is 19.7. The van der Waals surface area contributed by atoms with Gasteiger partial charge in [0.25, 0.3) is 0 Å². The van der Waals surface area contributed by atoms with Crippen LogP contribution in [0.3, 0.4) is 0 Å². The predicted octanol–water partition coefficient (Wildman–Crippen LogP) is 3.20. The van der Waals surface area contributed by atoms with Crippen LogP contribution in [0.5, 0.6) is 5.75 Å². The molecule has 0 aliphatic heterocycles. The molecule has 21 heavy (non-hydrogen) atoms. The van der Waals surface area contributed by atoms with Gasteiger partial charge in [-0.2, -0.15) is 0 Å². The number of nitrogens with two attached hydrogens (primary N) is 1. The molecule has 0 amide bonds. The Hall–Kier alpha value is -1.13. The summed E-state index contributed by atoms with van der Waals surface area (Å²) in [5, 5.41) is 11.2. The van der Waals surface area contributed by atoms with E-state index >= 15 is 0 Å². The van der Waals surface area contributed by atoms with E-state index in [-0.39, 0.29) is 5.56 Å². The number of hydrogen-bond donors (Lipinski definition) is 2. The largest absolute Gasteiger partial charge is 0.496 e. The van der Waals surface area contributed by atoms with Gasteiger partial charge in [-0.15, -0.1) is 0 Å². The van der Waals surface area contributed by atoms with Crippen LogP contribution >= 0.6 is 0 Å². The highest BCUT2D eigenvalue weighted by Crippen LogP contribution is 2.55. The van der Waals surface area contributed by atoms with Crippen molar-refractivity contribution < 1.29 is 14.2 Å². The quantitative estimate of drug-likeness (QED) is 0.877. The van der Waals surface area contributed by atoms with Crippen molar-refractivity contribution in [2.45, 2.75) is 45.1 Å². The molecule has 0 spiro atoms. The van der Waals surface area contributed by atoms with Gasteiger partial charge in [-0.1, -0.05) is 19.4 Å². The van der Waals surface area contributed by atoms with E-state index in [2.05, 4.69) is 6.92 Å². The average molecular weight is 295 g/mol. The minimum Gasteiger partial charge on any atom is -0.496 e. The first-order chi connectivity index (χ1) is 9.91. The van der Waals surface area contributed by atoms with Crippen LogP contribution in [0, 0.1) is 17.2 Å². The molecule has 1 aromatic carbocycles. The summed E-state index contributed by atoms with van der Waals surface area (Å²) in [6.45, 7) is 4.17. The van der Waals surface area contributed by atoms with Gasteiger partial charge in [-0.05, 0) is 44.2 Å². The Morgan fingerprint density at radius 1 is 1.52 bits per heavy atom. The van der Waals surface area contributed by atoms with Crippen molar-refractivity contribution in [3.63, 3.8) is 0 Å². The molecule has 0 saturated heterocycles. The van der Waals surface area contributed by atoms with Crippen molar-refractivity contribution >= 4 is 0 Å². The average Bonchev–Trinajstić information content (AvgIpc) is 2.92. The third kappa shape index (κ3) is 2.55. The third-order valence-electron chi connectivity index (χ3n) is 5.39. The number of halogens is 1. The Morgan fingerprint density at radius 2 is 2.24 bits per heavy atom. The summed E-state index contributed by atoms with van der Waals surface area (Å²) in [4.78, 5) is 0. The van der Waals surface area contributed by atoms with Crippen molar-refractivity contribution in [2.24, 2.45) is 17.1 Å². The summed E-state index contributed by atoms with van der Waals surface area (Å²) in [5.74, 6) is 0.484. The van der Waals surface area contributed by atoms with Gasteiger partial charge in [-0.3, -0.25) is 0 Å². The van der Waals surface area contributed by atoms with Gasteiger partial charge in [0.15, 0.2) is 0 Å². The van der Waals surface area contributed by atoms with Crippen LogP contribution in [-0.2, 0) is 5.60 Å². The Kier molecular flexibility index (Phi) is 4.59. The molecular formula is C17H26FNO2. The summed E-state index contributed by atoms with van der Waals surface area (Å²) in [5.41, 5.74) is 4.42. The molecule has 1 saturated carbocycles. The second-order valence-electron chi connectivity index (χ2n) is 6.39. The molecule has 0 heterocycles. The van der Waals surface area contributed by atoms with Crippen molar-refractivity contribution in [3.05, 3.63) is 29.6 Å². The smallest absolute Gasteiger partial charge is 0.133 e. The lowest BCUT2D eigenvalue weighted by molar-refractivity contribution is -0.0752. The molecular weight excluding hydrogens is 269 g/mol. The monoisotopic (exact) mass is 295 g/mol. The van der Waals surface area contributed by atoms with Crippen molar-refractivity contribution in [3.8, 4) is 5.75 Å². The molecule has 3 N–H and O–H groups in total. The maximum atomic E-state index is 14.4.